The number of ketones is 1. The van der Waals surface area contributed by atoms with Gasteiger partial charge >= 0.3 is 0 Å². The van der Waals surface area contributed by atoms with E-state index in [0.29, 0.717) is 65.7 Å². The van der Waals surface area contributed by atoms with Gasteiger partial charge in [0, 0.05) is 93.1 Å². The number of rotatable bonds is 47. The minimum Gasteiger partial charge on any atom is -0.491 e. The quantitative estimate of drug-likeness (QED) is 0.0289. The molecule has 2 heterocycles. The van der Waals surface area contributed by atoms with Crippen molar-refractivity contribution in [2.75, 3.05) is 72.2 Å². The fraction of sp³-hybridized carbons (Fsp3) is 0.653. The second-order valence-electron chi connectivity index (χ2n) is 25.4. The van der Waals surface area contributed by atoms with Gasteiger partial charge in [-0.15, -0.1) is 24.1 Å². The van der Waals surface area contributed by atoms with Crippen molar-refractivity contribution in [3.8, 4) is 5.75 Å². The van der Waals surface area contributed by atoms with Gasteiger partial charge in [0.2, 0.25) is 0 Å². The van der Waals surface area contributed by atoms with E-state index in [1.54, 1.807) is 11.8 Å². The highest BCUT2D eigenvalue weighted by atomic mass is 32.2. The molecule has 480 valence electrons. The fourth-order valence-corrected chi connectivity index (χ4v) is 13.0. The third kappa shape index (κ3) is 27.7. The first-order valence-electron chi connectivity index (χ1n) is 33.8. The first-order valence-corrected chi connectivity index (χ1v) is 34.8. The maximum atomic E-state index is 15.8. The number of halogens is 1. The van der Waals surface area contributed by atoms with Crippen molar-refractivity contribution in [3.05, 3.63) is 126 Å². The Morgan fingerprint density at radius 1 is 0.872 bits per heavy atom. The number of carbonyl (C=O) groups is 1. The molecule has 86 heavy (non-hydrogen) atoms. The Bertz CT molecular complexity index is 2420. The smallest absolute Gasteiger partial charge is 0.140 e. The second kappa shape index (κ2) is 42.7. The molecule has 2 aromatic carbocycles. The number of dihydropyridines is 1. The summed E-state index contributed by atoms with van der Waals surface area (Å²) in [6, 6.07) is 10.3. The third-order valence-corrected chi connectivity index (χ3v) is 19.3. The van der Waals surface area contributed by atoms with Gasteiger partial charge in [-0.2, -0.15) is 0 Å². The molecular weight excluding hydrogens is 1090 g/mol. The first-order chi connectivity index (χ1) is 41.8. The van der Waals surface area contributed by atoms with Gasteiger partial charge in [0.1, 0.15) is 24.0 Å². The van der Waals surface area contributed by atoms with Crippen LogP contribution in [0.2, 0.25) is 0 Å². The summed E-state index contributed by atoms with van der Waals surface area (Å²) in [7, 11) is 1.93. The maximum Gasteiger partial charge on any atom is 0.140 e. The van der Waals surface area contributed by atoms with Gasteiger partial charge in [-0.1, -0.05) is 115 Å². The highest BCUT2D eigenvalue weighted by molar-refractivity contribution is 7.99. The summed E-state index contributed by atoms with van der Waals surface area (Å²) >= 11 is 1.60. The van der Waals surface area contributed by atoms with Crippen molar-refractivity contribution in [2.45, 2.75) is 225 Å². The number of Topliss-reactive ketones (excluding diaryl/α,β-unsaturated/α-hetero) is 1. The molecule has 2 aliphatic heterocycles. The average Bonchev–Trinajstić information content (AvgIpc) is 3.62. The lowest BCUT2D eigenvalue weighted by Gasteiger charge is -2.38. The number of nitrogens with zero attached hydrogens (tertiary/aromatic N) is 1. The molecule has 3 aliphatic rings. The largest absolute Gasteiger partial charge is 0.491 e. The van der Waals surface area contributed by atoms with E-state index in [1.807, 2.05) is 44.5 Å². The number of hydrogen-bond acceptors (Lipinski definition) is 10. The number of nitrogens with one attached hydrogen (secondary N) is 2. The highest BCUT2D eigenvalue weighted by Gasteiger charge is 2.32. The summed E-state index contributed by atoms with van der Waals surface area (Å²) in [5.41, 5.74) is 10.1. The van der Waals surface area contributed by atoms with E-state index in [4.69, 9.17) is 23.7 Å². The van der Waals surface area contributed by atoms with E-state index < -0.39 is 0 Å². The Labute approximate surface area is 527 Å². The van der Waals surface area contributed by atoms with Crippen LogP contribution in [0, 0.1) is 35.9 Å². The standard InChI is InChI=1S/C75H116FN3O6S/c1-10-12-31-59(3)60(4)54-61(5)70(80)55-64(30-11-2)38-41-75(8)42-39-68(40-43-75)84-51-27-21-26-49-82-48-25-20-24-47-81-45-22-18-16-14-13-15-17-19-23-46-83-50-28-29-53-86-72-36-34-69(62(6)74(72)76)63(7)79-44-52-85-71-35-32-65(56-67(71)58-79)66-33-37-73(77-9)78-57-66/h11-12,32-37,54,56-57,59,61,64,68,73,77-78H,1-2,7,13-31,38-53,55,58H2,3-6,8-9H3/b60-54+. The molecule has 0 bridgehead atoms. The number of ether oxygens (including phenoxy) is 5. The van der Waals surface area contributed by atoms with Gasteiger partial charge < -0.3 is 33.9 Å². The van der Waals surface area contributed by atoms with Gasteiger partial charge in [-0.05, 0) is 207 Å². The average molecular weight is 1210 g/mol. The lowest BCUT2D eigenvalue weighted by molar-refractivity contribution is -0.122. The van der Waals surface area contributed by atoms with Gasteiger partial charge in [0.05, 0.1) is 18.8 Å². The summed E-state index contributed by atoms with van der Waals surface area (Å²) in [5.74, 6) is 2.68. The molecule has 0 aromatic heterocycles. The predicted molar refractivity (Wildman–Crippen MR) is 361 cm³/mol. The minimum absolute atomic E-state index is 0.0522. The fourth-order valence-electron chi connectivity index (χ4n) is 12.0. The zero-order valence-electron chi connectivity index (χ0n) is 54.7. The molecule has 0 spiro atoms. The van der Waals surface area contributed by atoms with Gasteiger partial charge in [0.25, 0.3) is 0 Å². The SMILES string of the molecule is C=C=CCC(C)/C(C)=C/C(C)C(=O)CC(CC=C)CCC1(C)CCC(OCCCCCOCCCCCOCCCCCCCCCCCOCCCCSc2ccc(C(=C)N3CCOc4ccc(C5=CNC(NC)C=C5)cc4C3)c(C)c2F)CC1. The van der Waals surface area contributed by atoms with E-state index in [2.05, 4.69) is 105 Å². The van der Waals surface area contributed by atoms with Crippen LogP contribution in [0.4, 0.5) is 4.39 Å². The molecule has 5 rings (SSSR count). The van der Waals surface area contributed by atoms with Crippen molar-refractivity contribution >= 4 is 28.8 Å². The molecular formula is C75H116FN3O6S. The number of fused-ring (bicyclic) bond motifs is 1. The van der Waals surface area contributed by atoms with Crippen LogP contribution in [0.1, 0.15) is 217 Å². The Morgan fingerprint density at radius 3 is 2.07 bits per heavy atom. The summed E-state index contributed by atoms with van der Waals surface area (Å²) in [6.45, 7) is 30.6. The Morgan fingerprint density at radius 2 is 1.48 bits per heavy atom. The van der Waals surface area contributed by atoms with Crippen LogP contribution < -0.4 is 15.4 Å². The van der Waals surface area contributed by atoms with Crippen molar-refractivity contribution in [1.82, 2.24) is 15.5 Å². The molecule has 0 radical (unpaired) electrons. The van der Waals surface area contributed by atoms with Crippen LogP contribution in [-0.4, -0.2) is 95.2 Å². The number of thioether (sulfide) groups is 1. The van der Waals surface area contributed by atoms with Crippen LogP contribution in [0.25, 0.3) is 11.3 Å². The van der Waals surface area contributed by atoms with E-state index in [1.165, 1.54) is 82.6 Å². The number of hydrogen-bond donors (Lipinski definition) is 2. The van der Waals surface area contributed by atoms with Crippen LogP contribution in [0.15, 0.2) is 103 Å². The summed E-state index contributed by atoms with van der Waals surface area (Å²) in [5, 5.41) is 6.58. The zero-order chi connectivity index (χ0) is 61.6. The Hall–Kier alpha value is -4.19. The van der Waals surface area contributed by atoms with Crippen LogP contribution >= 0.6 is 11.8 Å². The number of likely N-dealkylation sites (N-methyl/N-ethyl adjacent to an activating group) is 1. The van der Waals surface area contributed by atoms with E-state index in [0.717, 1.165) is 169 Å². The van der Waals surface area contributed by atoms with Crippen molar-refractivity contribution in [1.29, 1.82) is 0 Å². The van der Waals surface area contributed by atoms with Gasteiger partial charge in [0.15, 0.2) is 0 Å². The minimum atomic E-state index is -0.145. The molecule has 4 atom stereocenters. The van der Waals surface area contributed by atoms with Crippen molar-refractivity contribution < 1.29 is 32.9 Å². The molecule has 0 saturated heterocycles. The topological polar surface area (TPSA) is 90.5 Å². The molecule has 2 N–H and O–H groups in total. The van der Waals surface area contributed by atoms with Crippen molar-refractivity contribution in [2.24, 2.45) is 23.2 Å². The number of benzene rings is 2. The van der Waals surface area contributed by atoms with Crippen LogP contribution in [0.3, 0.4) is 0 Å². The normalized spacial score (nSPS) is 18.9. The predicted octanol–water partition coefficient (Wildman–Crippen LogP) is 18.7. The lowest BCUT2D eigenvalue weighted by Crippen LogP contribution is -2.36. The highest BCUT2D eigenvalue weighted by Crippen LogP contribution is 2.42. The van der Waals surface area contributed by atoms with Crippen LogP contribution in [0.5, 0.6) is 5.75 Å². The van der Waals surface area contributed by atoms with Crippen molar-refractivity contribution in [3.63, 3.8) is 0 Å². The molecule has 0 amide bonds. The Kier molecular flexibility index (Phi) is 36.0. The molecule has 2 aromatic rings. The summed E-state index contributed by atoms with van der Waals surface area (Å²) < 4.78 is 46.1. The lowest BCUT2D eigenvalue weighted by atomic mass is 9.70. The number of allylic oxidation sites excluding steroid dienone is 6. The van der Waals surface area contributed by atoms with Gasteiger partial charge in [-0.3, -0.25) is 10.1 Å². The van der Waals surface area contributed by atoms with E-state index in [-0.39, 0.29) is 17.9 Å². The molecule has 4 unspecified atom stereocenters. The molecule has 1 fully saturated rings. The second-order valence-corrected chi connectivity index (χ2v) is 26.5. The monoisotopic (exact) mass is 1210 g/mol. The Balaban J connectivity index is 0.744. The zero-order valence-corrected chi connectivity index (χ0v) is 55.5. The van der Waals surface area contributed by atoms with E-state index >= 15 is 4.39 Å². The number of unbranched alkanes of at least 4 members (excludes halogenated alkanes) is 13. The molecule has 9 nitrogen and oxygen atoms in total. The number of carbonyl (C=O) groups excluding carboxylic acids is 1. The molecule has 1 aliphatic carbocycles. The van der Waals surface area contributed by atoms with E-state index in [9.17, 15) is 4.79 Å². The molecule has 11 heteroatoms. The summed E-state index contributed by atoms with van der Waals surface area (Å²) in [4.78, 5) is 16.2. The first kappa shape index (κ1) is 72.6. The van der Waals surface area contributed by atoms with Gasteiger partial charge in [-0.25, -0.2) is 4.39 Å². The maximum absolute atomic E-state index is 15.8. The third-order valence-electron chi connectivity index (χ3n) is 18.2. The molecule has 1 saturated carbocycles. The van der Waals surface area contributed by atoms with Crippen LogP contribution in [-0.2, 0) is 30.3 Å². The summed E-state index contributed by atoms with van der Waals surface area (Å²) in [6.07, 6.45) is 42.5.